The maximum atomic E-state index is 12.6. The van der Waals surface area contributed by atoms with Gasteiger partial charge in [-0.05, 0) is 36.1 Å². The molecule has 2 unspecified atom stereocenters. The van der Waals surface area contributed by atoms with E-state index in [1.807, 2.05) is 0 Å². The highest BCUT2D eigenvalue weighted by Gasteiger charge is 2.57. The fraction of sp³-hybridized carbons (Fsp3) is 0.400. The Morgan fingerprint density at radius 1 is 1.23 bits per heavy atom. The number of ether oxygens (including phenoxy) is 1. The van der Waals surface area contributed by atoms with Crippen LogP contribution in [0, 0.1) is 23.7 Å². The van der Waals surface area contributed by atoms with Crippen LogP contribution in [0.1, 0.15) is 22.3 Å². The van der Waals surface area contributed by atoms with E-state index < -0.39 is 40.2 Å². The number of rotatable bonds is 7. The van der Waals surface area contributed by atoms with Crippen molar-refractivity contribution in [2.75, 3.05) is 25.2 Å². The zero-order valence-electron chi connectivity index (χ0n) is 16.7. The van der Waals surface area contributed by atoms with Gasteiger partial charge in [-0.25, -0.2) is 5.48 Å². The van der Waals surface area contributed by atoms with Gasteiger partial charge in [-0.1, -0.05) is 11.8 Å². The lowest BCUT2D eigenvalue weighted by atomic mass is 9.95. The number of methoxy groups -OCH3 is 1. The Labute approximate surface area is 180 Å². The van der Waals surface area contributed by atoms with Crippen LogP contribution in [-0.4, -0.2) is 79.3 Å². The Morgan fingerprint density at radius 3 is 2.39 bits per heavy atom. The first-order chi connectivity index (χ1) is 14.7. The minimum atomic E-state index is -2.90. The molecule has 1 saturated heterocycles. The van der Waals surface area contributed by atoms with Crippen molar-refractivity contribution in [1.82, 2.24) is 10.8 Å². The maximum Gasteiger partial charge on any atom is 0.269 e. The fourth-order valence-corrected chi connectivity index (χ4v) is 4.99. The van der Waals surface area contributed by atoms with Gasteiger partial charge in [0.25, 0.3) is 11.8 Å². The number of hydroxylamine groups is 1. The third kappa shape index (κ3) is 6.43. The number of nitrogens with one attached hydrogen (secondary N) is 2. The second-order valence-electron chi connectivity index (χ2n) is 6.91. The number of hydrogen-bond donors (Lipinski definition) is 7. The largest absolute Gasteiger partial charge is 0.394 e. The Kier molecular flexibility index (Phi) is 8.44. The van der Waals surface area contributed by atoms with Crippen LogP contribution in [0.4, 0.5) is 0 Å². The highest BCUT2D eigenvalue weighted by Crippen LogP contribution is 2.56. The maximum absolute atomic E-state index is 12.6. The number of benzene rings is 1. The van der Waals surface area contributed by atoms with E-state index in [4.69, 9.17) is 15.1 Å². The summed E-state index contributed by atoms with van der Waals surface area (Å²) in [5, 5.41) is 29.3. The molecule has 10 nitrogen and oxygen atoms in total. The van der Waals surface area contributed by atoms with E-state index in [2.05, 4.69) is 29.0 Å². The fourth-order valence-electron chi connectivity index (χ4n) is 2.94. The topological polar surface area (TPSA) is 169 Å². The van der Waals surface area contributed by atoms with Gasteiger partial charge in [0.1, 0.15) is 11.6 Å². The van der Waals surface area contributed by atoms with Gasteiger partial charge in [-0.15, -0.1) is 0 Å². The van der Waals surface area contributed by atoms with E-state index in [0.29, 0.717) is 5.56 Å². The van der Waals surface area contributed by atoms with Gasteiger partial charge in [0.05, 0.1) is 24.2 Å². The van der Waals surface area contributed by atoms with Crippen molar-refractivity contribution in [3.05, 3.63) is 35.4 Å². The predicted octanol–water partition coefficient (Wildman–Crippen LogP) is -0.462. The summed E-state index contributed by atoms with van der Waals surface area (Å²) in [4.78, 5) is 24.7. The Bertz CT molecular complexity index is 918. The van der Waals surface area contributed by atoms with Gasteiger partial charge in [-0.3, -0.25) is 23.9 Å². The Morgan fingerprint density at radius 2 is 1.87 bits per heavy atom. The van der Waals surface area contributed by atoms with E-state index in [0.717, 1.165) is 0 Å². The highest BCUT2D eigenvalue weighted by molar-refractivity contribution is 8.25. The molecule has 1 aliphatic heterocycles. The molecular formula is C20H24N2O8S. The van der Waals surface area contributed by atoms with E-state index >= 15 is 0 Å². The minimum Gasteiger partial charge on any atom is -0.394 e. The summed E-state index contributed by atoms with van der Waals surface area (Å²) in [5.41, 5.74) is 0.883. The molecule has 0 radical (unpaired) electrons. The summed E-state index contributed by atoms with van der Waals surface area (Å²) in [6, 6.07) is 4.74. The number of amides is 2. The van der Waals surface area contributed by atoms with E-state index in [1.165, 1.54) is 24.7 Å². The van der Waals surface area contributed by atoms with Crippen LogP contribution in [0.3, 0.4) is 0 Å². The number of aliphatic hydroxyl groups is 2. The molecule has 11 heteroatoms. The first kappa shape index (κ1) is 24.7. The number of carbonyl (C=O) groups is 2. The Hall–Kier alpha value is -2.61. The van der Waals surface area contributed by atoms with Crippen LogP contribution in [-0.2, 0) is 9.53 Å². The quantitative estimate of drug-likeness (QED) is 0.166. The third-order valence-electron chi connectivity index (χ3n) is 4.58. The lowest BCUT2D eigenvalue weighted by molar-refractivity contribution is -0.138. The molecule has 0 saturated carbocycles. The van der Waals surface area contributed by atoms with Crippen LogP contribution in [0.2, 0.25) is 0 Å². The molecule has 1 fully saturated rings. The second-order valence-corrected chi connectivity index (χ2v) is 9.09. The van der Waals surface area contributed by atoms with Gasteiger partial charge in [-0.2, -0.15) is 10.6 Å². The van der Waals surface area contributed by atoms with Crippen molar-refractivity contribution in [1.29, 1.82) is 0 Å². The average molecular weight is 452 g/mol. The summed E-state index contributed by atoms with van der Waals surface area (Å²) < 4.78 is 24.7. The smallest absolute Gasteiger partial charge is 0.269 e. The zero-order valence-corrected chi connectivity index (χ0v) is 17.5. The molecule has 0 aromatic heterocycles. The second kappa shape index (κ2) is 10.6. The molecular weight excluding hydrogens is 428 g/mol. The Balaban J connectivity index is 2.07. The number of hydrogen-bond acceptors (Lipinski definition) is 8. The zero-order chi connectivity index (χ0) is 23.1. The van der Waals surface area contributed by atoms with Crippen molar-refractivity contribution < 1.29 is 38.9 Å². The van der Waals surface area contributed by atoms with E-state index in [9.17, 15) is 23.8 Å². The van der Waals surface area contributed by atoms with Gasteiger partial charge in [0.2, 0.25) is 0 Å². The normalized spacial score (nSPS) is 18.5. The number of carbonyl (C=O) groups excluding carboxylic acids is 2. The van der Waals surface area contributed by atoms with Crippen molar-refractivity contribution in [3.63, 3.8) is 0 Å². The predicted molar refractivity (Wildman–Crippen MR) is 112 cm³/mol. The van der Waals surface area contributed by atoms with E-state index in [-0.39, 0.29) is 30.1 Å². The molecule has 1 aromatic rings. The standard InChI is InChI=1S/C20H24N2O8S/c1-30-20(12-31(28,29)13-20)17(19(26)22-27)21-18(25)15-9-7-14(8-10-15)5-3-2-4-6-16(24)11-23/h7-10,16-17,23-24,27-29H,6,11-13H2,1H3,(H,21,25)(H,22,26). The molecule has 31 heavy (non-hydrogen) atoms. The summed E-state index contributed by atoms with van der Waals surface area (Å²) in [6.45, 7) is -0.375. The van der Waals surface area contributed by atoms with Crippen molar-refractivity contribution in [3.8, 4) is 23.7 Å². The number of aliphatic hydroxyl groups excluding tert-OH is 2. The summed E-state index contributed by atoms with van der Waals surface area (Å²) in [5.74, 6) is 8.42. The summed E-state index contributed by atoms with van der Waals surface area (Å²) in [7, 11) is -1.63. The lowest BCUT2D eigenvalue weighted by Crippen LogP contribution is -2.69. The summed E-state index contributed by atoms with van der Waals surface area (Å²) in [6.07, 6.45) is -0.807. The molecule has 168 valence electrons. The third-order valence-corrected chi connectivity index (χ3v) is 6.49. The SMILES string of the molecule is COC1(C(NC(=O)c2ccc(C#CC#CCC(O)CO)cc2)C(=O)NO)CS(O)(O)C1. The molecule has 1 aliphatic rings. The van der Waals surface area contributed by atoms with Crippen LogP contribution in [0.15, 0.2) is 24.3 Å². The van der Waals surface area contributed by atoms with Crippen LogP contribution >= 0.6 is 10.6 Å². The molecule has 1 aromatic carbocycles. The van der Waals surface area contributed by atoms with Gasteiger partial charge in [0.15, 0.2) is 0 Å². The summed E-state index contributed by atoms with van der Waals surface area (Å²) >= 11 is 0. The lowest BCUT2D eigenvalue weighted by Gasteiger charge is -2.56. The molecule has 0 spiro atoms. The van der Waals surface area contributed by atoms with Gasteiger partial charge < -0.3 is 20.3 Å². The molecule has 0 aliphatic carbocycles. The van der Waals surface area contributed by atoms with Crippen molar-refractivity contribution >= 4 is 22.4 Å². The molecule has 2 amide bonds. The average Bonchev–Trinajstić information content (AvgIpc) is 2.74. The van der Waals surface area contributed by atoms with Gasteiger partial charge >= 0.3 is 0 Å². The monoisotopic (exact) mass is 452 g/mol. The first-order valence-electron chi connectivity index (χ1n) is 9.08. The van der Waals surface area contributed by atoms with E-state index in [1.54, 1.807) is 12.1 Å². The highest BCUT2D eigenvalue weighted by atomic mass is 32.3. The van der Waals surface area contributed by atoms with Crippen molar-refractivity contribution in [2.24, 2.45) is 0 Å². The molecule has 7 N–H and O–H groups in total. The minimum absolute atomic E-state index is 0.102. The van der Waals surface area contributed by atoms with Gasteiger partial charge in [0, 0.05) is 24.7 Å². The molecule has 0 bridgehead atoms. The molecule has 1 heterocycles. The van der Waals surface area contributed by atoms with Crippen LogP contribution in [0.5, 0.6) is 0 Å². The first-order valence-corrected chi connectivity index (χ1v) is 11.0. The molecule has 2 rings (SSSR count). The molecule has 2 atom stereocenters. The van der Waals surface area contributed by atoms with Crippen LogP contribution in [0.25, 0.3) is 0 Å². The van der Waals surface area contributed by atoms with Crippen molar-refractivity contribution in [2.45, 2.75) is 24.2 Å². The van der Waals surface area contributed by atoms with Crippen LogP contribution < -0.4 is 10.8 Å².